The second-order valence-corrected chi connectivity index (χ2v) is 13.9. The Labute approximate surface area is 338 Å². The third kappa shape index (κ3) is 10.1. The highest BCUT2D eigenvalue weighted by molar-refractivity contribution is 6.35. The van der Waals surface area contributed by atoms with Crippen LogP contribution in [0.2, 0.25) is 0 Å². The quantitative estimate of drug-likeness (QED) is 0.0633. The van der Waals surface area contributed by atoms with Crippen LogP contribution in [0.25, 0.3) is 11.6 Å². The van der Waals surface area contributed by atoms with Gasteiger partial charge in [0, 0.05) is 55.4 Å². The number of piperidine rings is 1. The van der Waals surface area contributed by atoms with Crippen molar-refractivity contribution in [3.63, 3.8) is 0 Å². The van der Waals surface area contributed by atoms with Gasteiger partial charge in [0.1, 0.15) is 17.6 Å². The Hall–Kier alpha value is -6.24. The lowest BCUT2D eigenvalue weighted by Gasteiger charge is -2.27. The summed E-state index contributed by atoms with van der Waals surface area (Å²) >= 11 is 0. The monoisotopic (exact) mass is 816 g/mol. The summed E-state index contributed by atoms with van der Waals surface area (Å²) in [4.78, 5) is 91.8. The zero-order valence-electron chi connectivity index (χ0n) is 32.6. The summed E-state index contributed by atoms with van der Waals surface area (Å²) in [5, 5.41) is 10.5. The number of halogens is 1. The van der Waals surface area contributed by atoms with E-state index in [1.54, 1.807) is 19.9 Å². The van der Waals surface area contributed by atoms with Crippen molar-refractivity contribution in [2.75, 3.05) is 64.7 Å². The fourth-order valence-corrected chi connectivity index (χ4v) is 6.91. The van der Waals surface area contributed by atoms with Gasteiger partial charge in [-0.3, -0.25) is 43.8 Å². The Morgan fingerprint density at radius 1 is 0.864 bits per heavy atom. The van der Waals surface area contributed by atoms with Gasteiger partial charge in [-0.05, 0) is 75.1 Å². The Morgan fingerprint density at radius 2 is 1.56 bits per heavy atom. The number of nitrogens with one attached hydrogen (secondary N) is 5. The van der Waals surface area contributed by atoms with Gasteiger partial charge in [-0.1, -0.05) is 6.07 Å². The number of aryl methyl sites for hydroxylation is 1. The highest BCUT2D eigenvalue weighted by Gasteiger charge is 2.46. The highest BCUT2D eigenvalue weighted by Crippen LogP contribution is 2.35. The van der Waals surface area contributed by atoms with Crippen LogP contribution in [0, 0.1) is 19.7 Å². The number of carbonyl (C=O) groups is 7. The number of rotatable bonds is 20. The molecule has 7 amide bonds. The molecule has 1 unspecified atom stereocenters. The molecular formula is C41H45FN6O11. The molecule has 1 fully saturated rings. The van der Waals surface area contributed by atoms with Crippen molar-refractivity contribution in [2.45, 2.75) is 45.6 Å². The number of nitrogens with zero attached hydrogens (tertiary/aromatic N) is 1. The van der Waals surface area contributed by atoms with Gasteiger partial charge in [0.25, 0.3) is 29.5 Å². The van der Waals surface area contributed by atoms with Crippen LogP contribution in [0.3, 0.4) is 0 Å². The molecule has 2 aromatic carbocycles. The molecule has 59 heavy (non-hydrogen) atoms. The molecule has 0 aliphatic carbocycles. The predicted molar refractivity (Wildman–Crippen MR) is 209 cm³/mol. The van der Waals surface area contributed by atoms with Gasteiger partial charge in [0.2, 0.25) is 11.8 Å². The minimum absolute atomic E-state index is 0.00280. The van der Waals surface area contributed by atoms with Crippen LogP contribution in [0.5, 0.6) is 5.75 Å². The van der Waals surface area contributed by atoms with Crippen LogP contribution in [-0.4, -0.2) is 117 Å². The molecule has 0 saturated carbocycles. The fraction of sp³-hybridized carbons (Fsp3) is 0.390. The van der Waals surface area contributed by atoms with Gasteiger partial charge in [0.15, 0.2) is 6.61 Å². The van der Waals surface area contributed by atoms with E-state index in [1.807, 2.05) is 0 Å². The Morgan fingerprint density at radius 3 is 2.27 bits per heavy atom. The SMILES string of the molecule is Cc1[nH]c(C=C2C(=O)Nc3ccc(F)cc32)c(C)c1C(=O)NCCCOCCOCCOCCCNC(=O)COc1cccc2c1C(=O)N(C1CCC(=O)NC1=O)C2=O. The molecule has 312 valence electrons. The summed E-state index contributed by atoms with van der Waals surface area (Å²) in [6, 6.07) is 7.41. The summed E-state index contributed by atoms with van der Waals surface area (Å²) in [5.41, 5.74) is 3.73. The molecule has 3 aromatic rings. The number of amides is 7. The van der Waals surface area contributed by atoms with Crippen LogP contribution in [0.1, 0.15) is 79.3 Å². The molecule has 17 nitrogen and oxygen atoms in total. The van der Waals surface area contributed by atoms with Gasteiger partial charge in [-0.25, -0.2) is 4.39 Å². The number of carbonyl (C=O) groups excluding carboxylic acids is 7. The van der Waals surface area contributed by atoms with Crippen molar-refractivity contribution in [1.82, 2.24) is 25.8 Å². The van der Waals surface area contributed by atoms with Gasteiger partial charge in [-0.15, -0.1) is 0 Å². The van der Waals surface area contributed by atoms with E-state index in [9.17, 15) is 38.0 Å². The first-order valence-corrected chi connectivity index (χ1v) is 19.2. The van der Waals surface area contributed by atoms with Crippen LogP contribution in [-0.2, 0) is 33.4 Å². The Balaban J connectivity index is 0.778. The van der Waals surface area contributed by atoms with E-state index in [0.29, 0.717) is 105 Å². The van der Waals surface area contributed by atoms with Crippen molar-refractivity contribution < 1.29 is 56.9 Å². The number of aromatic amines is 1. The van der Waals surface area contributed by atoms with Crippen LogP contribution in [0.15, 0.2) is 36.4 Å². The Bertz CT molecular complexity index is 2180. The van der Waals surface area contributed by atoms with Crippen LogP contribution in [0.4, 0.5) is 10.1 Å². The standard InChI is InChI=1S/C41H45FN6O11/c1-23-30(21-28-27-20-25(42)8-9-29(27)46-37(28)51)45-24(2)35(23)39(53)44-13-5-15-57-17-19-58-18-16-56-14-4-12-43-34(50)22-59-32-7-3-6-26-36(32)41(55)48(40(26)54)31-10-11-33(49)47-38(31)52/h3,6-9,20-21,31,45H,4-5,10-19,22H2,1-2H3,(H,43,50)(H,44,53)(H,46,51)(H,47,49,52). The third-order valence-corrected chi connectivity index (χ3v) is 9.83. The zero-order chi connectivity index (χ0) is 42.1. The molecule has 0 radical (unpaired) electrons. The first-order chi connectivity index (χ1) is 28.4. The van der Waals surface area contributed by atoms with Crippen molar-refractivity contribution >= 4 is 58.7 Å². The summed E-state index contributed by atoms with van der Waals surface area (Å²) in [7, 11) is 0. The minimum atomic E-state index is -1.11. The predicted octanol–water partition coefficient (Wildman–Crippen LogP) is 2.42. The smallest absolute Gasteiger partial charge is 0.266 e. The van der Waals surface area contributed by atoms with Gasteiger partial charge in [0.05, 0.1) is 48.7 Å². The fourth-order valence-electron chi connectivity index (χ4n) is 6.91. The molecule has 0 bridgehead atoms. The first kappa shape index (κ1) is 42.4. The van der Waals surface area contributed by atoms with E-state index in [0.717, 1.165) is 4.90 Å². The molecule has 1 atom stereocenters. The van der Waals surface area contributed by atoms with Gasteiger partial charge >= 0.3 is 0 Å². The molecule has 1 saturated heterocycles. The van der Waals surface area contributed by atoms with E-state index in [2.05, 4.69) is 26.3 Å². The van der Waals surface area contributed by atoms with E-state index in [-0.39, 0.29) is 41.5 Å². The van der Waals surface area contributed by atoms with Crippen molar-refractivity contribution in [3.05, 3.63) is 81.4 Å². The average Bonchev–Trinajstić information content (AvgIpc) is 3.77. The van der Waals surface area contributed by atoms with Crippen molar-refractivity contribution in [3.8, 4) is 5.75 Å². The number of fused-ring (bicyclic) bond motifs is 2. The molecule has 18 heteroatoms. The maximum absolute atomic E-state index is 13.8. The number of imide groups is 2. The first-order valence-electron chi connectivity index (χ1n) is 19.2. The third-order valence-electron chi connectivity index (χ3n) is 9.83. The minimum Gasteiger partial charge on any atom is -0.483 e. The van der Waals surface area contributed by atoms with E-state index < -0.39 is 48.0 Å². The topological polar surface area (TPSA) is 224 Å². The maximum Gasteiger partial charge on any atom is 0.266 e. The van der Waals surface area contributed by atoms with E-state index in [4.69, 9.17) is 18.9 Å². The second kappa shape index (κ2) is 19.5. The second-order valence-electron chi connectivity index (χ2n) is 13.9. The number of benzene rings is 2. The number of hydrogen-bond donors (Lipinski definition) is 5. The van der Waals surface area contributed by atoms with Crippen molar-refractivity contribution in [1.29, 1.82) is 0 Å². The largest absolute Gasteiger partial charge is 0.483 e. The molecule has 1 aromatic heterocycles. The molecule has 4 heterocycles. The number of H-pyrrole nitrogens is 1. The summed E-state index contributed by atoms with van der Waals surface area (Å²) in [6.45, 7) is 6.08. The van der Waals surface area contributed by atoms with Gasteiger partial charge in [-0.2, -0.15) is 0 Å². The number of ether oxygens (including phenoxy) is 4. The van der Waals surface area contributed by atoms with Crippen molar-refractivity contribution in [2.24, 2.45) is 0 Å². The summed E-state index contributed by atoms with van der Waals surface area (Å²) in [5.74, 6) is -4.02. The lowest BCUT2D eigenvalue weighted by atomic mass is 10.0. The molecule has 0 spiro atoms. The van der Waals surface area contributed by atoms with Gasteiger partial charge < -0.3 is 39.9 Å². The molecular weight excluding hydrogens is 771 g/mol. The van der Waals surface area contributed by atoms with Crippen LogP contribution < -0.4 is 26.0 Å². The molecule has 6 rings (SSSR count). The molecule has 3 aliphatic heterocycles. The zero-order valence-corrected chi connectivity index (χ0v) is 32.6. The molecule has 3 aliphatic rings. The van der Waals surface area contributed by atoms with Crippen LogP contribution >= 0.6 is 0 Å². The number of anilines is 1. The van der Waals surface area contributed by atoms with E-state index >= 15 is 0 Å². The molecule has 5 N–H and O–H groups in total. The normalized spacial score (nSPS) is 16.6. The maximum atomic E-state index is 13.8. The number of hydrogen-bond acceptors (Lipinski definition) is 11. The highest BCUT2D eigenvalue weighted by atomic mass is 19.1. The lowest BCUT2D eigenvalue weighted by Crippen LogP contribution is -2.54. The average molecular weight is 817 g/mol. The summed E-state index contributed by atoms with van der Waals surface area (Å²) < 4.78 is 36.1. The lowest BCUT2D eigenvalue weighted by molar-refractivity contribution is -0.136. The Kier molecular flexibility index (Phi) is 14.0. The van der Waals surface area contributed by atoms with E-state index in [1.165, 1.54) is 36.4 Å². The summed E-state index contributed by atoms with van der Waals surface area (Å²) in [6.07, 6.45) is 2.77. The number of aromatic nitrogens is 1.